The lowest BCUT2D eigenvalue weighted by Gasteiger charge is -2.42. The van der Waals surface area contributed by atoms with E-state index in [4.69, 9.17) is 4.74 Å². The van der Waals surface area contributed by atoms with Gasteiger partial charge in [-0.15, -0.1) is 0 Å². The first-order valence-corrected chi connectivity index (χ1v) is 13.9. The van der Waals surface area contributed by atoms with Crippen LogP contribution < -0.4 is 15.0 Å². The van der Waals surface area contributed by atoms with Gasteiger partial charge in [0.15, 0.2) is 0 Å². The number of ether oxygens (including phenoxy) is 1. The number of carbonyl (C=O) groups excluding carboxylic acids is 1. The molecule has 3 aromatic rings. The van der Waals surface area contributed by atoms with Crippen molar-refractivity contribution in [1.82, 2.24) is 20.2 Å². The molecule has 0 spiro atoms. The number of alkyl halides is 3. The predicted octanol–water partition coefficient (Wildman–Crippen LogP) is 5.80. The summed E-state index contributed by atoms with van der Waals surface area (Å²) in [7, 11) is 1.67. The molecule has 1 aliphatic heterocycles. The number of halogens is 3. The number of hydrogen-bond donors (Lipinski definition) is 1. The van der Waals surface area contributed by atoms with Crippen molar-refractivity contribution in [1.29, 1.82) is 0 Å². The van der Waals surface area contributed by atoms with Gasteiger partial charge in [-0.05, 0) is 87.6 Å². The molecule has 220 valence electrons. The summed E-state index contributed by atoms with van der Waals surface area (Å²) in [6.45, 7) is 8.16. The van der Waals surface area contributed by atoms with Gasteiger partial charge in [0, 0.05) is 56.3 Å². The minimum Gasteiger partial charge on any atom is -0.497 e. The Balaban J connectivity index is 1.32. The summed E-state index contributed by atoms with van der Waals surface area (Å²) in [6, 6.07) is 13.8. The van der Waals surface area contributed by atoms with E-state index in [1.54, 1.807) is 13.3 Å². The van der Waals surface area contributed by atoms with Crippen LogP contribution in [0.5, 0.6) is 5.75 Å². The lowest BCUT2D eigenvalue weighted by molar-refractivity contribution is -0.141. The maximum atomic E-state index is 13.1. The van der Waals surface area contributed by atoms with Crippen LogP contribution in [-0.2, 0) is 12.7 Å². The maximum absolute atomic E-state index is 13.1. The highest BCUT2D eigenvalue weighted by Gasteiger charge is 2.34. The average Bonchev–Trinajstić information content (AvgIpc) is 2.96. The Labute approximate surface area is 239 Å². The molecule has 4 rings (SSSR count). The number of methoxy groups -OCH3 is 1. The number of rotatable bonds is 10. The largest absolute Gasteiger partial charge is 0.497 e. The first-order chi connectivity index (χ1) is 19.6. The lowest BCUT2D eigenvalue weighted by atomic mass is 9.99. The van der Waals surface area contributed by atoms with E-state index in [9.17, 15) is 18.0 Å². The van der Waals surface area contributed by atoms with Crippen molar-refractivity contribution in [3.63, 3.8) is 0 Å². The van der Waals surface area contributed by atoms with Crippen LogP contribution in [0.25, 0.3) is 0 Å². The van der Waals surface area contributed by atoms with Gasteiger partial charge in [0.25, 0.3) is 5.91 Å². The van der Waals surface area contributed by atoms with E-state index in [0.717, 1.165) is 62.0 Å². The number of carbonyl (C=O) groups is 1. The topological polar surface area (TPSA) is 70.6 Å². The molecule has 1 saturated heterocycles. The van der Waals surface area contributed by atoms with Crippen molar-refractivity contribution in [2.75, 3.05) is 31.6 Å². The zero-order valence-electron chi connectivity index (χ0n) is 24.0. The second-order valence-electron chi connectivity index (χ2n) is 10.6. The van der Waals surface area contributed by atoms with Crippen molar-refractivity contribution in [2.24, 2.45) is 0 Å². The summed E-state index contributed by atoms with van der Waals surface area (Å²) in [5, 5.41) is 2.88. The van der Waals surface area contributed by atoms with Crippen molar-refractivity contribution >= 4 is 11.6 Å². The van der Waals surface area contributed by atoms with Crippen molar-refractivity contribution < 1.29 is 22.7 Å². The number of amides is 1. The number of nitrogens with one attached hydrogen (secondary N) is 1. The Morgan fingerprint density at radius 1 is 1.17 bits per heavy atom. The number of nitrogens with zero attached hydrogens (tertiary/aromatic N) is 4. The summed E-state index contributed by atoms with van der Waals surface area (Å²) < 4.78 is 44.5. The van der Waals surface area contributed by atoms with Crippen molar-refractivity contribution in [3.05, 3.63) is 82.9 Å². The fourth-order valence-electron chi connectivity index (χ4n) is 5.52. The minimum atomic E-state index is -4.54. The van der Waals surface area contributed by atoms with E-state index >= 15 is 0 Å². The van der Waals surface area contributed by atoms with Crippen LogP contribution in [0.3, 0.4) is 0 Å². The number of aryl methyl sites for hydroxylation is 2. The third kappa shape index (κ3) is 7.75. The Morgan fingerprint density at radius 2 is 1.88 bits per heavy atom. The lowest BCUT2D eigenvalue weighted by Crippen LogP contribution is -2.48. The molecule has 0 aliphatic carbocycles. The minimum absolute atomic E-state index is 0.0812. The third-order valence-electron chi connectivity index (χ3n) is 7.81. The Hall–Kier alpha value is -3.66. The molecule has 1 unspecified atom stereocenters. The van der Waals surface area contributed by atoms with E-state index in [1.165, 1.54) is 13.8 Å². The number of likely N-dealkylation sites (tertiary alicyclic amines) is 1. The molecular weight excluding hydrogens is 531 g/mol. The molecule has 2 aromatic heterocycles. The van der Waals surface area contributed by atoms with E-state index < -0.39 is 17.8 Å². The molecule has 1 fully saturated rings. The summed E-state index contributed by atoms with van der Waals surface area (Å²) in [5.41, 5.74) is 1.88. The van der Waals surface area contributed by atoms with E-state index in [1.807, 2.05) is 24.4 Å². The average molecular weight is 570 g/mol. The van der Waals surface area contributed by atoms with Gasteiger partial charge < -0.3 is 19.9 Å². The normalized spacial score (nSPS) is 15.4. The number of anilines is 1. The van der Waals surface area contributed by atoms with Gasteiger partial charge in [-0.3, -0.25) is 9.78 Å². The molecule has 7 nitrogen and oxygen atoms in total. The number of aromatic nitrogens is 2. The molecule has 41 heavy (non-hydrogen) atoms. The summed E-state index contributed by atoms with van der Waals surface area (Å²) in [4.78, 5) is 25.6. The fraction of sp³-hybridized carbons (Fsp3) is 0.452. The fourth-order valence-corrected chi connectivity index (χ4v) is 5.52. The summed E-state index contributed by atoms with van der Waals surface area (Å²) >= 11 is 0. The number of piperidine rings is 1. The molecule has 1 atom stereocenters. The van der Waals surface area contributed by atoms with Gasteiger partial charge >= 0.3 is 6.18 Å². The van der Waals surface area contributed by atoms with Crippen LogP contribution in [0.4, 0.5) is 18.9 Å². The van der Waals surface area contributed by atoms with E-state index in [2.05, 4.69) is 50.2 Å². The van der Waals surface area contributed by atoms with Gasteiger partial charge in [0.2, 0.25) is 0 Å². The van der Waals surface area contributed by atoms with Gasteiger partial charge in [0.05, 0.1) is 18.4 Å². The molecule has 1 aliphatic rings. The van der Waals surface area contributed by atoms with Gasteiger partial charge in [-0.2, -0.15) is 13.2 Å². The maximum Gasteiger partial charge on any atom is 0.433 e. The zero-order chi connectivity index (χ0) is 29.6. The third-order valence-corrected chi connectivity index (χ3v) is 7.81. The monoisotopic (exact) mass is 569 g/mol. The molecule has 1 amide bonds. The first-order valence-electron chi connectivity index (χ1n) is 13.9. The second kappa shape index (κ2) is 13.3. The van der Waals surface area contributed by atoms with Crippen LogP contribution in [0.2, 0.25) is 0 Å². The number of hydrogen-bond acceptors (Lipinski definition) is 6. The van der Waals surface area contributed by atoms with Crippen molar-refractivity contribution in [2.45, 2.75) is 64.8 Å². The molecule has 0 radical (unpaired) electrons. The van der Waals surface area contributed by atoms with Crippen LogP contribution in [0.15, 0.2) is 54.9 Å². The Kier molecular flexibility index (Phi) is 9.86. The van der Waals surface area contributed by atoms with Gasteiger partial charge in [-0.25, -0.2) is 4.98 Å². The zero-order valence-corrected chi connectivity index (χ0v) is 24.0. The summed E-state index contributed by atoms with van der Waals surface area (Å²) in [5.74, 6) is 0.434. The van der Waals surface area contributed by atoms with Crippen LogP contribution in [0, 0.1) is 13.8 Å². The molecule has 1 N–H and O–H groups in total. The highest BCUT2D eigenvalue weighted by Crippen LogP contribution is 2.30. The predicted molar refractivity (Wildman–Crippen MR) is 153 cm³/mol. The first kappa shape index (κ1) is 30.3. The van der Waals surface area contributed by atoms with Gasteiger partial charge in [-0.1, -0.05) is 6.07 Å². The van der Waals surface area contributed by atoms with E-state index in [-0.39, 0.29) is 22.9 Å². The van der Waals surface area contributed by atoms with Gasteiger partial charge in [0.1, 0.15) is 11.4 Å². The second-order valence-corrected chi connectivity index (χ2v) is 10.6. The highest BCUT2D eigenvalue weighted by atomic mass is 19.4. The summed E-state index contributed by atoms with van der Waals surface area (Å²) in [6.07, 6.45) is 1.88. The Morgan fingerprint density at radius 3 is 2.46 bits per heavy atom. The molecule has 0 bridgehead atoms. The Bertz CT molecular complexity index is 1270. The number of benzene rings is 1. The van der Waals surface area contributed by atoms with Crippen LogP contribution in [0.1, 0.15) is 59.1 Å². The molecule has 3 heterocycles. The quantitative estimate of drug-likeness (QED) is 0.333. The molecule has 0 saturated carbocycles. The molecule has 10 heteroatoms. The standard InChI is InChI=1S/C31H38F3N5O2/c1-21-18-28(31(32,33)34)37-23(3)29(21)30(40)36-15-11-22(2)38-16-12-26(13-17-38)39(20-24-6-5-14-35-19-24)25-7-9-27(41-4)10-8-25/h5-10,14,18-19,22,26H,11-13,15-17,20H2,1-4H3,(H,36,40). The smallest absolute Gasteiger partial charge is 0.433 e. The van der Waals surface area contributed by atoms with Crippen molar-refractivity contribution in [3.8, 4) is 5.75 Å². The molecular formula is C31H38F3N5O2. The SMILES string of the molecule is COc1ccc(N(Cc2cccnc2)C2CCN(C(C)CCNC(=O)c3c(C)cc(C(F)(F)F)nc3C)CC2)cc1. The number of pyridine rings is 2. The van der Waals surface area contributed by atoms with Crippen LogP contribution in [-0.4, -0.2) is 59.6 Å². The molecule has 1 aromatic carbocycles. The highest BCUT2D eigenvalue weighted by molar-refractivity contribution is 5.96. The van der Waals surface area contributed by atoms with E-state index in [0.29, 0.717) is 12.6 Å². The van der Waals surface area contributed by atoms with Crippen LogP contribution >= 0.6 is 0 Å².